The molecular weight excluding hydrogens is 536 g/mol. The monoisotopic (exact) mass is 561 g/mol. The topological polar surface area (TPSA) is 170 Å². The molecule has 3 N–H and O–H groups in total. The molecular formula is C24H25FN5O8P. The number of nitrogens with two attached hydrogens (primary N) is 1. The van der Waals surface area contributed by atoms with Gasteiger partial charge in [0.05, 0.1) is 19.5 Å². The van der Waals surface area contributed by atoms with Crippen LogP contribution >= 0.6 is 7.60 Å². The third kappa shape index (κ3) is 7.71. The molecule has 1 unspecified atom stereocenters. The minimum Gasteiger partial charge on any atom is -0.406 e. The van der Waals surface area contributed by atoms with Crippen LogP contribution in [0.15, 0.2) is 59.7 Å². The van der Waals surface area contributed by atoms with E-state index >= 15 is 0 Å². The second-order valence-electron chi connectivity index (χ2n) is 8.12. The Kier molecular flexibility index (Phi) is 9.04. The number of halogens is 1. The van der Waals surface area contributed by atoms with Gasteiger partial charge in [0.2, 0.25) is 12.7 Å². The normalized spacial score (nSPS) is 12.8. The van der Waals surface area contributed by atoms with Crippen LogP contribution in [-0.2, 0) is 36.2 Å². The van der Waals surface area contributed by atoms with Crippen molar-refractivity contribution in [3.8, 4) is 5.75 Å². The molecule has 0 aliphatic heterocycles. The highest BCUT2D eigenvalue weighted by Crippen LogP contribution is 2.49. The van der Waals surface area contributed by atoms with E-state index in [2.05, 4.69) is 15.0 Å². The number of nitrogens with one attached hydrogen (secondary N) is 1. The standard InChI is InChI=1S/C24H25FN5O8P/c1-16-7-8-17(11-19(16)25)12-36-39(33,37-14-35-24(32)38-18-5-3-2-4-6-18)15-34-10-9-30-13-27-20-21(30)28-23(26)29-22(20)31/h2-8,11,13H,9-10,12,14-15H2,1H3,(H3,26,28,29,31). The number of benzene rings is 2. The molecule has 13 nitrogen and oxygen atoms in total. The Labute approximate surface area is 221 Å². The number of aromatic amines is 1. The van der Waals surface area contributed by atoms with Crippen molar-refractivity contribution in [3.63, 3.8) is 0 Å². The Morgan fingerprint density at radius 1 is 1.18 bits per heavy atom. The third-order valence-electron chi connectivity index (χ3n) is 5.25. The van der Waals surface area contributed by atoms with Gasteiger partial charge in [-0.2, -0.15) is 4.98 Å². The third-order valence-corrected chi connectivity index (χ3v) is 6.77. The number of carbonyl (C=O) groups excluding carboxylic acids is 1. The highest BCUT2D eigenvalue weighted by atomic mass is 31.2. The van der Waals surface area contributed by atoms with Crippen molar-refractivity contribution >= 4 is 30.9 Å². The van der Waals surface area contributed by atoms with E-state index in [1.165, 1.54) is 17.0 Å². The van der Waals surface area contributed by atoms with E-state index < -0.39 is 38.3 Å². The van der Waals surface area contributed by atoms with E-state index in [4.69, 9.17) is 29.0 Å². The summed E-state index contributed by atoms with van der Waals surface area (Å²) in [6.45, 7) is 0.760. The first-order valence-electron chi connectivity index (χ1n) is 11.5. The molecule has 2 aromatic carbocycles. The summed E-state index contributed by atoms with van der Waals surface area (Å²) < 4.78 is 54.9. The number of ether oxygens (including phenoxy) is 3. The number of nitrogen functional groups attached to an aromatic ring is 1. The molecule has 0 spiro atoms. The second kappa shape index (κ2) is 12.6. The van der Waals surface area contributed by atoms with E-state index in [0.717, 1.165) is 0 Å². The lowest BCUT2D eigenvalue weighted by Crippen LogP contribution is -2.15. The molecule has 0 saturated carbocycles. The Bertz CT molecular complexity index is 1540. The molecule has 0 amide bonds. The highest BCUT2D eigenvalue weighted by molar-refractivity contribution is 7.53. The van der Waals surface area contributed by atoms with Crippen LogP contribution < -0.4 is 16.0 Å². The molecule has 15 heteroatoms. The first kappa shape index (κ1) is 27.9. The number of anilines is 1. The van der Waals surface area contributed by atoms with Gasteiger partial charge >= 0.3 is 13.8 Å². The predicted molar refractivity (Wildman–Crippen MR) is 136 cm³/mol. The fourth-order valence-electron chi connectivity index (χ4n) is 3.25. The fraction of sp³-hybridized carbons (Fsp3) is 0.250. The summed E-state index contributed by atoms with van der Waals surface area (Å²) in [6.07, 6.45) is -0.218. The predicted octanol–water partition coefficient (Wildman–Crippen LogP) is 3.72. The van der Waals surface area contributed by atoms with Crippen molar-refractivity contribution in [3.05, 3.63) is 82.2 Å². The summed E-state index contributed by atoms with van der Waals surface area (Å²) in [4.78, 5) is 34.3. The number of rotatable bonds is 12. The van der Waals surface area contributed by atoms with Crippen LogP contribution in [-0.4, -0.2) is 45.4 Å². The molecule has 206 valence electrons. The van der Waals surface area contributed by atoms with Crippen LogP contribution in [0.2, 0.25) is 0 Å². The molecule has 0 bridgehead atoms. The molecule has 2 aromatic heterocycles. The van der Waals surface area contributed by atoms with Crippen molar-refractivity contribution in [1.82, 2.24) is 19.5 Å². The van der Waals surface area contributed by atoms with Gasteiger partial charge in [0.25, 0.3) is 5.56 Å². The number of hydrogen-bond acceptors (Lipinski definition) is 11. The Morgan fingerprint density at radius 3 is 2.74 bits per heavy atom. The van der Waals surface area contributed by atoms with Crippen LogP contribution in [0, 0.1) is 12.7 Å². The maximum atomic E-state index is 13.9. The van der Waals surface area contributed by atoms with Crippen LogP contribution in [0.1, 0.15) is 11.1 Å². The van der Waals surface area contributed by atoms with Gasteiger partial charge in [-0.15, -0.1) is 0 Å². The lowest BCUT2D eigenvalue weighted by molar-refractivity contribution is 0.0154. The molecule has 4 aromatic rings. The van der Waals surface area contributed by atoms with E-state index in [-0.39, 0.29) is 42.6 Å². The highest BCUT2D eigenvalue weighted by Gasteiger charge is 2.27. The molecule has 0 saturated heterocycles. The lowest BCUT2D eigenvalue weighted by Gasteiger charge is -2.19. The van der Waals surface area contributed by atoms with Gasteiger partial charge < -0.3 is 29.0 Å². The maximum absolute atomic E-state index is 13.9. The molecule has 0 aliphatic carbocycles. The molecule has 39 heavy (non-hydrogen) atoms. The van der Waals surface area contributed by atoms with Crippen LogP contribution in [0.3, 0.4) is 0 Å². The quantitative estimate of drug-likeness (QED) is 0.0849. The minimum absolute atomic E-state index is 0.00732. The number of H-pyrrole nitrogens is 1. The number of nitrogens with zero attached hydrogens (tertiary/aromatic N) is 3. The number of fused-ring (bicyclic) bond motifs is 1. The van der Waals surface area contributed by atoms with Gasteiger partial charge in [0.15, 0.2) is 11.2 Å². The van der Waals surface area contributed by atoms with Crippen molar-refractivity contribution < 1.29 is 37.0 Å². The summed E-state index contributed by atoms with van der Waals surface area (Å²) in [5.74, 6) is -0.271. The smallest absolute Gasteiger partial charge is 0.406 e. The first-order valence-corrected chi connectivity index (χ1v) is 13.3. The summed E-state index contributed by atoms with van der Waals surface area (Å²) in [7, 11) is -4.01. The van der Waals surface area contributed by atoms with Crippen LogP contribution in [0.25, 0.3) is 11.2 Å². The van der Waals surface area contributed by atoms with E-state index in [1.807, 2.05) is 0 Å². The van der Waals surface area contributed by atoms with Crippen molar-refractivity contribution in [1.29, 1.82) is 0 Å². The van der Waals surface area contributed by atoms with Crippen LogP contribution in [0.5, 0.6) is 5.75 Å². The van der Waals surface area contributed by atoms with Gasteiger partial charge in [0.1, 0.15) is 17.9 Å². The van der Waals surface area contributed by atoms with Gasteiger partial charge in [-0.3, -0.25) is 18.9 Å². The lowest BCUT2D eigenvalue weighted by atomic mass is 10.1. The second-order valence-corrected chi connectivity index (χ2v) is 10.1. The van der Waals surface area contributed by atoms with Crippen LogP contribution in [0.4, 0.5) is 15.1 Å². The maximum Gasteiger partial charge on any atom is 0.515 e. The largest absolute Gasteiger partial charge is 0.515 e. The summed E-state index contributed by atoms with van der Waals surface area (Å²) in [5, 5.41) is 0. The zero-order chi connectivity index (χ0) is 27.8. The number of hydrogen-bond donors (Lipinski definition) is 2. The fourth-order valence-corrected chi connectivity index (χ4v) is 4.39. The minimum atomic E-state index is -4.01. The number of carbonyl (C=O) groups is 1. The Balaban J connectivity index is 1.35. The Hall–Kier alpha value is -4.10. The average molecular weight is 561 g/mol. The van der Waals surface area contributed by atoms with Crippen molar-refractivity contribution in [2.75, 3.05) is 25.5 Å². The first-order chi connectivity index (χ1) is 18.7. The van der Waals surface area contributed by atoms with Gasteiger partial charge in [-0.05, 0) is 36.2 Å². The molecule has 0 radical (unpaired) electrons. The summed E-state index contributed by atoms with van der Waals surface area (Å²) >= 11 is 0. The summed E-state index contributed by atoms with van der Waals surface area (Å²) in [6, 6.07) is 12.6. The van der Waals surface area contributed by atoms with Gasteiger partial charge in [-0.25, -0.2) is 14.2 Å². The number of para-hydroxylation sites is 1. The Morgan fingerprint density at radius 2 is 1.97 bits per heavy atom. The zero-order valence-corrected chi connectivity index (χ0v) is 21.6. The SMILES string of the molecule is Cc1ccc(COP(=O)(COCCn2cnc3c(=O)[nH]c(N)nc32)OCOC(=O)Oc2ccccc2)cc1F. The number of aromatic nitrogens is 4. The van der Waals surface area contributed by atoms with Crippen molar-refractivity contribution in [2.45, 2.75) is 20.1 Å². The summed E-state index contributed by atoms with van der Waals surface area (Å²) in [5.41, 5.74) is 6.32. The van der Waals surface area contributed by atoms with Crippen molar-refractivity contribution in [2.24, 2.45) is 0 Å². The molecule has 0 aliphatic rings. The average Bonchev–Trinajstić information content (AvgIpc) is 3.31. The zero-order valence-electron chi connectivity index (χ0n) is 20.7. The van der Waals surface area contributed by atoms with E-state index in [0.29, 0.717) is 11.1 Å². The molecule has 1 atom stereocenters. The van der Waals surface area contributed by atoms with E-state index in [1.54, 1.807) is 49.4 Å². The molecule has 2 heterocycles. The molecule has 0 fully saturated rings. The van der Waals surface area contributed by atoms with E-state index in [9.17, 15) is 18.5 Å². The van der Waals surface area contributed by atoms with Gasteiger partial charge in [0, 0.05) is 6.54 Å². The number of imidazole rings is 1. The van der Waals surface area contributed by atoms with Gasteiger partial charge in [-0.1, -0.05) is 30.3 Å². The number of aryl methyl sites for hydroxylation is 1. The molecule has 4 rings (SSSR count).